The predicted molar refractivity (Wildman–Crippen MR) is 122 cm³/mol. The number of thiophene rings is 1. The maximum atomic E-state index is 13.3. The molecule has 5 aromatic rings. The molecule has 0 bridgehead atoms. The third-order valence-electron chi connectivity index (χ3n) is 5.70. The van der Waals surface area contributed by atoms with Gasteiger partial charge in [-0.15, -0.1) is 16.4 Å². The monoisotopic (exact) mass is 461 g/mol. The van der Waals surface area contributed by atoms with Crippen LogP contribution in [0.2, 0.25) is 5.02 Å². The van der Waals surface area contributed by atoms with Crippen LogP contribution in [0.25, 0.3) is 27.4 Å². The largest absolute Gasteiger partial charge is 0.340 e. The summed E-state index contributed by atoms with van der Waals surface area (Å²) in [5, 5.41) is 14.0. The van der Waals surface area contributed by atoms with Crippen molar-refractivity contribution in [2.45, 2.75) is 18.9 Å². The molecule has 1 atom stereocenters. The molecule has 0 amide bonds. The molecule has 5 heterocycles. The Kier molecular flexibility index (Phi) is 4.51. The summed E-state index contributed by atoms with van der Waals surface area (Å²) in [6.07, 6.45) is 4.95. The fraction of sp³-hybridized carbons (Fsp3) is 0.136. The van der Waals surface area contributed by atoms with Crippen molar-refractivity contribution in [2.75, 3.05) is 0 Å². The molecule has 0 spiro atoms. The molecule has 10 heteroatoms. The van der Waals surface area contributed by atoms with Crippen molar-refractivity contribution in [1.29, 1.82) is 0 Å². The molecule has 1 aliphatic heterocycles. The van der Waals surface area contributed by atoms with Gasteiger partial charge in [0.05, 0.1) is 28.5 Å². The van der Waals surface area contributed by atoms with Crippen molar-refractivity contribution in [1.82, 2.24) is 34.7 Å². The second-order valence-electron chi connectivity index (χ2n) is 7.57. The zero-order valence-corrected chi connectivity index (χ0v) is 18.2. The first-order valence-electron chi connectivity index (χ1n) is 10.0. The van der Waals surface area contributed by atoms with Crippen LogP contribution in [0.4, 0.5) is 0 Å². The molecule has 1 N–H and O–H groups in total. The standard InChI is InChI=1S/C22H16ClN7OS/c23-14-3-5-18(29-12-25-27-28-29)16(10-14)13-8-15-4-6-19(30(15)21(31)9-13)22-24-11-17(26-22)20-2-1-7-32-20/h1-3,5,7-12,19H,4,6H2,(H,24,26)/t19-/m0/s1. The lowest BCUT2D eigenvalue weighted by molar-refractivity contribution is 0.572. The van der Waals surface area contributed by atoms with Crippen LogP contribution in [0.3, 0.4) is 0 Å². The molecule has 0 radical (unpaired) electrons. The highest BCUT2D eigenvalue weighted by atomic mass is 35.5. The summed E-state index contributed by atoms with van der Waals surface area (Å²) >= 11 is 7.93. The van der Waals surface area contributed by atoms with Crippen molar-refractivity contribution in [3.63, 3.8) is 0 Å². The number of nitrogens with zero attached hydrogens (tertiary/aromatic N) is 6. The van der Waals surface area contributed by atoms with E-state index >= 15 is 0 Å². The van der Waals surface area contributed by atoms with Crippen LogP contribution < -0.4 is 5.56 Å². The van der Waals surface area contributed by atoms with Gasteiger partial charge >= 0.3 is 0 Å². The summed E-state index contributed by atoms with van der Waals surface area (Å²) in [5.41, 5.74) is 4.20. The Bertz CT molecular complexity index is 1470. The normalized spacial score (nSPS) is 15.2. The second-order valence-corrected chi connectivity index (χ2v) is 8.96. The van der Waals surface area contributed by atoms with E-state index < -0.39 is 0 Å². The van der Waals surface area contributed by atoms with Crippen molar-refractivity contribution >= 4 is 22.9 Å². The number of H-pyrrole nitrogens is 1. The number of rotatable bonds is 4. The number of benzene rings is 1. The summed E-state index contributed by atoms with van der Waals surface area (Å²) in [6.45, 7) is 0. The maximum Gasteiger partial charge on any atom is 0.252 e. The fourth-order valence-electron chi connectivity index (χ4n) is 4.28. The summed E-state index contributed by atoms with van der Waals surface area (Å²) in [5.74, 6) is 0.805. The van der Waals surface area contributed by atoms with Crippen molar-refractivity contribution in [3.8, 4) is 27.4 Å². The highest BCUT2D eigenvalue weighted by molar-refractivity contribution is 7.13. The van der Waals surface area contributed by atoms with Gasteiger partial charge in [-0.05, 0) is 64.5 Å². The van der Waals surface area contributed by atoms with E-state index in [1.807, 2.05) is 40.4 Å². The number of aryl methyl sites for hydroxylation is 1. The lowest BCUT2D eigenvalue weighted by Crippen LogP contribution is -2.23. The van der Waals surface area contributed by atoms with Gasteiger partial charge in [0.2, 0.25) is 0 Å². The number of nitrogens with one attached hydrogen (secondary N) is 1. The number of hydrogen-bond acceptors (Lipinski definition) is 6. The van der Waals surface area contributed by atoms with Gasteiger partial charge in [0, 0.05) is 22.3 Å². The van der Waals surface area contributed by atoms with Gasteiger partial charge in [0.1, 0.15) is 12.2 Å². The van der Waals surface area contributed by atoms with E-state index in [1.165, 1.54) is 6.33 Å². The number of pyridine rings is 1. The van der Waals surface area contributed by atoms with Crippen LogP contribution in [-0.2, 0) is 6.42 Å². The molecule has 0 aliphatic carbocycles. The molecule has 4 aromatic heterocycles. The Labute approximate surface area is 191 Å². The summed E-state index contributed by atoms with van der Waals surface area (Å²) in [7, 11) is 0. The molecular formula is C22H16ClN7OS. The number of tetrazole rings is 1. The number of halogens is 1. The highest BCUT2D eigenvalue weighted by Gasteiger charge is 2.28. The minimum absolute atomic E-state index is 0.0725. The minimum Gasteiger partial charge on any atom is -0.340 e. The first-order chi connectivity index (χ1) is 15.7. The van der Waals surface area contributed by atoms with Crippen LogP contribution in [-0.4, -0.2) is 34.7 Å². The Hall–Kier alpha value is -3.56. The van der Waals surface area contributed by atoms with Crippen molar-refractivity contribution in [2.24, 2.45) is 0 Å². The average Bonchev–Trinajstić information content (AvgIpc) is 3.60. The van der Waals surface area contributed by atoms with Gasteiger partial charge in [0.15, 0.2) is 0 Å². The van der Waals surface area contributed by atoms with Crippen molar-refractivity contribution in [3.05, 3.63) is 87.3 Å². The molecule has 158 valence electrons. The van der Waals surface area contributed by atoms with Gasteiger partial charge in [-0.25, -0.2) is 4.98 Å². The second kappa shape index (κ2) is 7.54. The molecule has 0 saturated heterocycles. The maximum absolute atomic E-state index is 13.3. The average molecular weight is 462 g/mol. The Balaban J connectivity index is 1.42. The molecule has 1 aromatic carbocycles. The highest BCUT2D eigenvalue weighted by Crippen LogP contribution is 2.34. The van der Waals surface area contributed by atoms with Gasteiger partial charge in [0.25, 0.3) is 5.56 Å². The summed E-state index contributed by atoms with van der Waals surface area (Å²) < 4.78 is 3.40. The van der Waals surface area contributed by atoms with E-state index in [0.717, 1.165) is 51.7 Å². The number of hydrogen-bond donors (Lipinski definition) is 1. The number of fused-ring (bicyclic) bond motifs is 1. The minimum atomic E-state index is -0.112. The Morgan fingerprint density at radius 2 is 2.12 bits per heavy atom. The molecule has 8 nitrogen and oxygen atoms in total. The van der Waals surface area contributed by atoms with E-state index in [9.17, 15) is 4.79 Å². The zero-order valence-electron chi connectivity index (χ0n) is 16.6. The molecular weight excluding hydrogens is 446 g/mol. The number of imidazole rings is 1. The zero-order chi connectivity index (χ0) is 21.7. The third-order valence-corrected chi connectivity index (χ3v) is 6.83. The van der Waals surface area contributed by atoms with Crippen LogP contribution in [0.1, 0.15) is 24.0 Å². The molecule has 0 unspecified atom stereocenters. The first-order valence-corrected chi connectivity index (χ1v) is 11.3. The van der Waals surface area contributed by atoms with E-state index in [4.69, 9.17) is 11.6 Å². The number of aromatic amines is 1. The van der Waals surface area contributed by atoms with Crippen molar-refractivity contribution < 1.29 is 0 Å². The van der Waals surface area contributed by atoms with Gasteiger partial charge < -0.3 is 9.55 Å². The quantitative estimate of drug-likeness (QED) is 0.434. The first kappa shape index (κ1) is 19.1. The molecule has 1 aliphatic rings. The topological polar surface area (TPSA) is 94.3 Å². The van der Waals surface area contributed by atoms with Gasteiger partial charge in [-0.2, -0.15) is 4.68 Å². The summed E-state index contributed by atoms with van der Waals surface area (Å²) in [4.78, 5) is 22.4. The lowest BCUT2D eigenvalue weighted by Gasteiger charge is -2.15. The SMILES string of the molecule is O=c1cc(-c2cc(Cl)ccc2-n2cnnn2)cc2n1[C@H](c1ncc(-c3cccs3)[nH]1)CC2. The van der Waals surface area contributed by atoms with Crippen LogP contribution in [0.5, 0.6) is 0 Å². The Morgan fingerprint density at radius 1 is 1.19 bits per heavy atom. The van der Waals surface area contributed by atoms with E-state index in [2.05, 4.69) is 31.6 Å². The smallest absolute Gasteiger partial charge is 0.252 e. The third kappa shape index (κ3) is 3.17. The fourth-order valence-corrected chi connectivity index (χ4v) is 5.15. The van der Waals surface area contributed by atoms with Gasteiger partial charge in [-0.1, -0.05) is 17.7 Å². The van der Waals surface area contributed by atoms with Crippen LogP contribution >= 0.6 is 22.9 Å². The van der Waals surface area contributed by atoms with Gasteiger partial charge in [-0.3, -0.25) is 4.79 Å². The van der Waals surface area contributed by atoms with E-state index in [-0.39, 0.29) is 11.6 Å². The van der Waals surface area contributed by atoms with E-state index in [1.54, 1.807) is 28.2 Å². The molecule has 0 saturated carbocycles. The lowest BCUT2D eigenvalue weighted by atomic mass is 10.0. The number of aromatic nitrogens is 7. The summed E-state index contributed by atoms with van der Waals surface area (Å²) in [6, 6.07) is 13.1. The molecule has 6 rings (SSSR count). The molecule has 32 heavy (non-hydrogen) atoms. The predicted octanol–water partition coefficient (Wildman–Crippen LogP) is 4.13. The van der Waals surface area contributed by atoms with E-state index in [0.29, 0.717) is 5.02 Å². The van der Waals surface area contributed by atoms with Crippen LogP contribution in [0, 0.1) is 0 Å². The molecule has 0 fully saturated rings. The van der Waals surface area contributed by atoms with Crippen LogP contribution in [0.15, 0.2) is 65.2 Å². The Morgan fingerprint density at radius 3 is 2.94 bits per heavy atom.